The van der Waals surface area contributed by atoms with Crippen molar-refractivity contribution < 1.29 is 28.8 Å². The normalized spacial score (nSPS) is 14.4. The summed E-state index contributed by atoms with van der Waals surface area (Å²) in [5.74, 6) is -4.76. The van der Waals surface area contributed by atoms with Gasteiger partial charge in [0.1, 0.15) is 23.8 Å². The zero-order chi connectivity index (χ0) is 35.3. The van der Waals surface area contributed by atoms with Crippen molar-refractivity contribution in [3.05, 3.63) is 60.2 Å². The van der Waals surface area contributed by atoms with Crippen LogP contribution >= 0.6 is 0 Å². The molecule has 2 aromatic rings. The van der Waals surface area contributed by atoms with Gasteiger partial charge in [-0.2, -0.15) is 0 Å². The summed E-state index contributed by atoms with van der Waals surface area (Å²) >= 11 is 0. The molecule has 0 unspecified atom stereocenters. The minimum atomic E-state index is -1.11. The summed E-state index contributed by atoms with van der Waals surface area (Å²) in [5, 5.41) is 13.4. The van der Waals surface area contributed by atoms with Crippen molar-refractivity contribution in [2.45, 2.75) is 98.4 Å². The molecule has 47 heavy (non-hydrogen) atoms. The number of nitrogens with one attached hydrogen (secondary N) is 5. The number of rotatable bonds is 17. The molecule has 0 saturated carbocycles. The van der Waals surface area contributed by atoms with E-state index in [-0.39, 0.29) is 36.3 Å². The van der Waals surface area contributed by atoms with Crippen LogP contribution in [0.25, 0.3) is 0 Å². The third-order valence-corrected chi connectivity index (χ3v) is 7.53. The van der Waals surface area contributed by atoms with Crippen molar-refractivity contribution in [2.24, 2.45) is 17.8 Å². The lowest BCUT2D eigenvalue weighted by Crippen LogP contribution is -2.60. The van der Waals surface area contributed by atoms with E-state index in [0.717, 1.165) is 5.56 Å². The summed E-state index contributed by atoms with van der Waals surface area (Å²) in [7, 11) is 0. The quantitative estimate of drug-likeness (QED) is 0.161. The van der Waals surface area contributed by atoms with E-state index in [0.29, 0.717) is 0 Å². The molecule has 0 aliphatic heterocycles. The standard InChI is InChI=1S/C34H49N7O6/c1-9-24(29(42)34(47)37-22(8)23-13-11-10-12-14-23)38-30(43)25(17-19(2)3)39-32(45)27(20(4)5)41-33(46)28(21(6)7)40-31(44)26-18-35-15-16-36-26/h10-16,18-22,24-25,27-28H,9,17H2,1-8H3,(H,37,47)(H,38,43)(H,39,45)(H,40,44)(H,41,46)/t22-,24+,25+,27+,28+/m1/s1. The molecule has 0 bridgehead atoms. The van der Waals surface area contributed by atoms with Crippen LogP contribution in [0.1, 0.15) is 90.3 Å². The van der Waals surface area contributed by atoms with Gasteiger partial charge in [0, 0.05) is 12.4 Å². The molecule has 0 radical (unpaired) electrons. The van der Waals surface area contributed by atoms with Crippen LogP contribution in [0.5, 0.6) is 0 Å². The third-order valence-electron chi connectivity index (χ3n) is 7.53. The predicted molar refractivity (Wildman–Crippen MR) is 177 cm³/mol. The number of nitrogens with zero attached hydrogens (tertiary/aromatic N) is 2. The van der Waals surface area contributed by atoms with Gasteiger partial charge in [-0.05, 0) is 43.1 Å². The van der Waals surface area contributed by atoms with Crippen molar-refractivity contribution in [3.8, 4) is 0 Å². The van der Waals surface area contributed by atoms with Gasteiger partial charge in [0.25, 0.3) is 11.8 Å². The second-order valence-corrected chi connectivity index (χ2v) is 12.6. The highest BCUT2D eigenvalue weighted by atomic mass is 16.2. The molecule has 0 spiro atoms. The molecule has 1 aromatic carbocycles. The first-order valence-corrected chi connectivity index (χ1v) is 16.0. The first-order valence-electron chi connectivity index (χ1n) is 16.0. The number of carbonyl (C=O) groups excluding carboxylic acids is 6. The predicted octanol–water partition coefficient (Wildman–Crippen LogP) is 2.24. The van der Waals surface area contributed by atoms with E-state index in [4.69, 9.17) is 0 Å². The Bertz CT molecular complexity index is 1370. The van der Waals surface area contributed by atoms with Crippen LogP contribution in [0.15, 0.2) is 48.9 Å². The Morgan fingerprint density at radius 3 is 1.79 bits per heavy atom. The number of Topliss-reactive ketones (excluding diaryl/α,β-unsaturated/α-hetero) is 1. The van der Waals surface area contributed by atoms with Gasteiger partial charge in [0.05, 0.1) is 18.3 Å². The highest BCUT2D eigenvalue weighted by Crippen LogP contribution is 2.13. The van der Waals surface area contributed by atoms with Crippen LogP contribution in [-0.4, -0.2) is 69.5 Å². The van der Waals surface area contributed by atoms with Gasteiger partial charge in [-0.1, -0.05) is 78.8 Å². The fourth-order valence-electron chi connectivity index (χ4n) is 4.79. The lowest BCUT2D eigenvalue weighted by Gasteiger charge is -2.29. The van der Waals surface area contributed by atoms with E-state index in [9.17, 15) is 28.8 Å². The largest absolute Gasteiger partial charge is 0.344 e. The number of amides is 5. The fraction of sp³-hybridized carbons (Fsp3) is 0.529. The Labute approximate surface area is 276 Å². The number of benzene rings is 1. The molecule has 256 valence electrons. The molecular formula is C34H49N7O6. The molecule has 0 fully saturated rings. The van der Waals surface area contributed by atoms with Crippen molar-refractivity contribution in [2.75, 3.05) is 0 Å². The van der Waals surface area contributed by atoms with Crippen molar-refractivity contribution >= 4 is 35.3 Å². The molecule has 1 heterocycles. The Morgan fingerprint density at radius 2 is 1.26 bits per heavy atom. The highest BCUT2D eigenvalue weighted by Gasteiger charge is 2.34. The van der Waals surface area contributed by atoms with Crippen molar-refractivity contribution in [3.63, 3.8) is 0 Å². The van der Waals surface area contributed by atoms with E-state index in [1.54, 1.807) is 41.5 Å². The minimum Gasteiger partial charge on any atom is -0.344 e. The van der Waals surface area contributed by atoms with Crippen LogP contribution in [0.4, 0.5) is 0 Å². The summed E-state index contributed by atoms with van der Waals surface area (Å²) in [6.45, 7) is 14.2. The maximum atomic E-state index is 13.6. The van der Waals surface area contributed by atoms with Gasteiger partial charge in [0.15, 0.2) is 0 Å². The van der Waals surface area contributed by atoms with Gasteiger partial charge in [-0.25, -0.2) is 4.98 Å². The van der Waals surface area contributed by atoms with E-state index < -0.39 is 65.5 Å². The van der Waals surface area contributed by atoms with Crippen LogP contribution < -0.4 is 26.6 Å². The molecule has 5 N–H and O–H groups in total. The van der Waals surface area contributed by atoms with Gasteiger partial charge in [0.2, 0.25) is 23.5 Å². The fourth-order valence-corrected chi connectivity index (χ4v) is 4.79. The first kappa shape index (κ1) is 38.5. The molecule has 0 saturated heterocycles. The highest BCUT2D eigenvalue weighted by molar-refractivity contribution is 6.38. The minimum absolute atomic E-state index is 0.0226. The van der Waals surface area contributed by atoms with Crippen LogP contribution in [0.3, 0.4) is 0 Å². The van der Waals surface area contributed by atoms with Gasteiger partial charge >= 0.3 is 0 Å². The van der Waals surface area contributed by atoms with E-state index in [1.165, 1.54) is 18.6 Å². The Kier molecular flexibility index (Phi) is 15.1. The molecule has 13 nitrogen and oxygen atoms in total. The third kappa shape index (κ3) is 11.9. The van der Waals surface area contributed by atoms with Crippen molar-refractivity contribution in [1.82, 2.24) is 36.6 Å². The molecule has 13 heteroatoms. The monoisotopic (exact) mass is 651 g/mol. The number of hydrogen-bond donors (Lipinski definition) is 5. The lowest BCUT2D eigenvalue weighted by atomic mass is 9.98. The maximum absolute atomic E-state index is 13.6. The summed E-state index contributed by atoms with van der Waals surface area (Å²) in [6.07, 6.45) is 4.46. The summed E-state index contributed by atoms with van der Waals surface area (Å²) in [5.41, 5.74) is 0.864. The molecule has 5 atom stereocenters. The van der Waals surface area contributed by atoms with Gasteiger partial charge in [-0.3, -0.25) is 33.8 Å². The van der Waals surface area contributed by atoms with Gasteiger partial charge in [-0.15, -0.1) is 0 Å². The number of carbonyl (C=O) groups is 6. The lowest BCUT2D eigenvalue weighted by molar-refractivity contribution is -0.141. The average molecular weight is 652 g/mol. The number of hydrogen-bond acceptors (Lipinski definition) is 8. The smallest absolute Gasteiger partial charge is 0.290 e. The SMILES string of the molecule is CC[C@H](NC(=O)[C@H](CC(C)C)NC(=O)[C@@H](NC(=O)[C@@H](NC(=O)c1cnccn1)C(C)C)C(C)C)C(=O)C(=O)N[C@H](C)c1ccccc1. The Hall–Kier alpha value is -4.68. The molecule has 0 aliphatic carbocycles. The van der Waals surface area contributed by atoms with E-state index in [2.05, 4.69) is 36.6 Å². The maximum Gasteiger partial charge on any atom is 0.290 e. The molecule has 5 amide bonds. The van der Waals surface area contributed by atoms with Crippen molar-refractivity contribution in [1.29, 1.82) is 0 Å². The van der Waals surface area contributed by atoms with Gasteiger partial charge < -0.3 is 26.6 Å². The number of aromatic nitrogens is 2. The van der Waals surface area contributed by atoms with Crippen LogP contribution in [0.2, 0.25) is 0 Å². The zero-order valence-electron chi connectivity index (χ0n) is 28.5. The Balaban J connectivity index is 2.14. The zero-order valence-corrected chi connectivity index (χ0v) is 28.5. The summed E-state index contributed by atoms with van der Waals surface area (Å²) < 4.78 is 0. The molecule has 2 rings (SSSR count). The first-order chi connectivity index (χ1) is 22.2. The average Bonchev–Trinajstić information content (AvgIpc) is 3.04. The topological polar surface area (TPSA) is 188 Å². The summed E-state index contributed by atoms with van der Waals surface area (Å²) in [4.78, 5) is 86.8. The summed E-state index contributed by atoms with van der Waals surface area (Å²) in [6, 6.07) is 4.56. The molecular weight excluding hydrogens is 602 g/mol. The molecule has 1 aromatic heterocycles. The van der Waals surface area contributed by atoms with E-state index >= 15 is 0 Å². The van der Waals surface area contributed by atoms with Crippen LogP contribution in [0, 0.1) is 17.8 Å². The number of ketones is 1. The second-order valence-electron chi connectivity index (χ2n) is 12.6. The Morgan fingerprint density at radius 1 is 0.681 bits per heavy atom. The second kappa shape index (κ2) is 18.5. The molecule has 0 aliphatic rings. The van der Waals surface area contributed by atoms with E-state index in [1.807, 2.05) is 44.2 Å². The van der Waals surface area contributed by atoms with Crippen LogP contribution in [-0.2, 0) is 24.0 Å².